The summed E-state index contributed by atoms with van der Waals surface area (Å²) < 4.78 is 8.93. The van der Waals surface area contributed by atoms with Crippen molar-refractivity contribution in [2.45, 2.75) is 13.8 Å². The van der Waals surface area contributed by atoms with E-state index < -0.39 is 11.9 Å². The third-order valence-electron chi connectivity index (χ3n) is 0.809. The Labute approximate surface area is 93.8 Å². The van der Waals surface area contributed by atoms with E-state index in [1.165, 1.54) is 0 Å². The van der Waals surface area contributed by atoms with Crippen molar-refractivity contribution in [2.75, 3.05) is 13.2 Å². The first-order valence-corrected chi connectivity index (χ1v) is 3.39. The molecular formula is C7H11NaO4. The topological polar surface area (TPSA) is 58.6 Å². The monoisotopic (exact) mass is 182 g/mol. The van der Waals surface area contributed by atoms with Gasteiger partial charge in [-0.15, -0.1) is 0 Å². The zero-order valence-corrected chi connectivity index (χ0v) is 9.62. The van der Waals surface area contributed by atoms with Gasteiger partial charge in [-0.3, -0.25) is 0 Å². The molecular weight excluding hydrogens is 171 g/mol. The third-order valence-corrected chi connectivity index (χ3v) is 0.809. The average Bonchev–Trinajstić information content (AvgIpc) is 1.87. The second kappa shape index (κ2) is 8.90. The Hall–Kier alpha value is -0.190. The van der Waals surface area contributed by atoms with Crippen LogP contribution < -0.4 is 34.7 Å². The van der Waals surface area contributed by atoms with Crippen LogP contribution in [0.2, 0.25) is 0 Å². The molecule has 0 bridgehead atoms. The van der Waals surface area contributed by atoms with Crippen LogP contribution in [0, 0.1) is 0 Å². The van der Waals surface area contributed by atoms with Gasteiger partial charge in [0, 0.05) is 6.08 Å². The van der Waals surface area contributed by atoms with Gasteiger partial charge in [0.1, 0.15) is 0 Å². The molecule has 0 radical (unpaired) electrons. The Balaban J connectivity index is 0. The first-order valence-electron chi connectivity index (χ1n) is 3.39. The summed E-state index contributed by atoms with van der Waals surface area (Å²) in [7, 11) is 0. The molecule has 0 spiro atoms. The molecule has 0 atom stereocenters. The molecule has 0 unspecified atom stereocenters. The minimum atomic E-state index is -0.661. The molecule has 0 rings (SSSR count). The molecule has 0 aliphatic heterocycles. The van der Waals surface area contributed by atoms with Crippen LogP contribution >= 0.6 is 0 Å². The van der Waals surface area contributed by atoms with Crippen molar-refractivity contribution in [1.82, 2.24) is 0 Å². The quantitative estimate of drug-likeness (QED) is 0.199. The third kappa shape index (κ3) is 7.91. The molecule has 0 aliphatic carbocycles. The Bertz CT molecular complexity index is 155. The van der Waals surface area contributed by atoms with E-state index in [-0.39, 0.29) is 42.8 Å². The van der Waals surface area contributed by atoms with Gasteiger partial charge in [0.15, 0.2) is 0 Å². The molecule has 4 nitrogen and oxygen atoms in total. The maximum absolute atomic E-state index is 10.5. The molecule has 5 heteroatoms. The smallest absolute Gasteiger partial charge is 0.613 e. The number of ether oxygens (including phenoxy) is 2. The number of rotatable bonds is 4. The summed E-state index contributed by atoms with van der Waals surface area (Å²) in [5.74, 6) is -1.32. The summed E-state index contributed by atoms with van der Waals surface area (Å²) >= 11 is 0. The van der Waals surface area contributed by atoms with E-state index in [4.69, 9.17) is 0 Å². The van der Waals surface area contributed by atoms with E-state index in [1.807, 2.05) is 0 Å². The van der Waals surface area contributed by atoms with Gasteiger partial charge in [-0.1, -0.05) is 6.92 Å². The van der Waals surface area contributed by atoms with Gasteiger partial charge in [0.2, 0.25) is 0 Å². The number of esters is 1. The van der Waals surface area contributed by atoms with Crippen LogP contribution in [0.15, 0.2) is 12.0 Å². The summed E-state index contributed by atoms with van der Waals surface area (Å²) in [5.41, 5.74) is 0. The van der Waals surface area contributed by atoms with Gasteiger partial charge in [0.25, 0.3) is 0 Å². The van der Waals surface area contributed by atoms with Crippen molar-refractivity contribution >= 4 is 5.97 Å². The average molecular weight is 182 g/mol. The van der Waals surface area contributed by atoms with Crippen LogP contribution in [0.25, 0.3) is 0 Å². The Morgan fingerprint density at radius 3 is 2.25 bits per heavy atom. The van der Waals surface area contributed by atoms with Crippen molar-refractivity contribution in [3.63, 3.8) is 0 Å². The SMILES string of the molecule is CCOC(=O)/C=C(\[O-])OCC.[Na+]. The van der Waals surface area contributed by atoms with E-state index in [2.05, 4.69) is 9.47 Å². The maximum atomic E-state index is 10.5. The first-order chi connectivity index (χ1) is 5.20. The molecule has 0 saturated heterocycles. The second-order valence-corrected chi connectivity index (χ2v) is 1.65. The minimum Gasteiger partial charge on any atom is -0.613 e. The molecule has 0 aromatic heterocycles. The predicted molar refractivity (Wildman–Crippen MR) is 36.3 cm³/mol. The molecule has 0 aliphatic rings. The summed E-state index contributed by atoms with van der Waals surface area (Å²) in [6, 6.07) is 0. The van der Waals surface area contributed by atoms with Gasteiger partial charge in [-0.2, -0.15) is 0 Å². The molecule has 12 heavy (non-hydrogen) atoms. The molecule has 64 valence electrons. The molecule has 0 amide bonds. The van der Waals surface area contributed by atoms with Gasteiger partial charge in [0.05, 0.1) is 12.6 Å². The molecule has 0 heterocycles. The van der Waals surface area contributed by atoms with Crippen molar-refractivity contribution in [2.24, 2.45) is 0 Å². The van der Waals surface area contributed by atoms with E-state index >= 15 is 0 Å². The predicted octanol–water partition coefficient (Wildman–Crippen LogP) is -3.21. The number of carbonyl (C=O) groups excluding carboxylic acids is 1. The zero-order chi connectivity index (χ0) is 8.69. The van der Waals surface area contributed by atoms with Crippen molar-refractivity contribution in [3.05, 3.63) is 12.0 Å². The molecule has 0 saturated carbocycles. The van der Waals surface area contributed by atoms with Crippen LogP contribution in [0.1, 0.15) is 13.8 Å². The summed E-state index contributed by atoms with van der Waals surface area (Å²) in [6.07, 6.45) is 0.785. The van der Waals surface area contributed by atoms with E-state index in [0.717, 1.165) is 6.08 Å². The summed E-state index contributed by atoms with van der Waals surface area (Å²) in [6.45, 7) is 3.84. The summed E-state index contributed by atoms with van der Waals surface area (Å²) in [5, 5.41) is 10.5. The van der Waals surface area contributed by atoms with Crippen LogP contribution in [0.4, 0.5) is 0 Å². The Morgan fingerprint density at radius 2 is 1.83 bits per heavy atom. The van der Waals surface area contributed by atoms with Crippen molar-refractivity contribution in [1.29, 1.82) is 0 Å². The fourth-order valence-corrected chi connectivity index (χ4v) is 0.464. The number of hydrogen-bond donors (Lipinski definition) is 0. The van der Waals surface area contributed by atoms with Gasteiger partial charge >= 0.3 is 35.5 Å². The Morgan fingerprint density at radius 1 is 1.33 bits per heavy atom. The van der Waals surface area contributed by atoms with Gasteiger partial charge in [-0.25, -0.2) is 4.79 Å². The zero-order valence-electron chi connectivity index (χ0n) is 7.62. The number of hydrogen-bond acceptors (Lipinski definition) is 4. The number of carbonyl (C=O) groups is 1. The molecule has 0 aromatic carbocycles. The minimum absolute atomic E-state index is 0. The van der Waals surface area contributed by atoms with Crippen LogP contribution in [0.3, 0.4) is 0 Å². The molecule has 0 N–H and O–H groups in total. The Kier molecular flexibility index (Phi) is 10.6. The van der Waals surface area contributed by atoms with Gasteiger partial charge in [-0.05, 0) is 13.5 Å². The fraction of sp³-hybridized carbons (Fsp3) is 0.571. The van der Waals surface area contributed by atoms with E-state index in [0.29, 0.717) is 0 Å². The van der Waals surface area contributed by atoms with Crippen LogP contribution in [-0.2, 0) is 14.3 Å². The largest absolute Gasteiger partial charge is 1.00 e. The maximum Gasteiger partial charge on any atom is 1.00 e. The fourth-order valence-electron chi connectivity index (χ4n) is 0.464. The molecule has 0 fully saturated rings. The van der Waals surface area contributed by atoms with Crippen LogP contribution in [-0.4, -0.2) is 19.2 Å². The standard InChI is InChI=1S/C7H12O4.Na/c1-3-10-6(8)5-7(9)11-4-2;/h5,8H,3-4H2,1-2H3;/q;+1/p-1/b6-5+;. The van der Waals surface area contributed by atoms with Crippen LogP contribution in [0.5, 0.6) is 0 Å². The van der Waals surface area contributed by atoms with Crippen molar-refractivity contribution in [3.8, 4) is 0 Å². The normalized spacial score (nSPS) is 10.0. The van der Waals surface area contributed by atoms with E-state index in [1.54, 1.807) is 13.8 Å². The molecule has 0 aromatic rings. The van der Waals surface area contributed by atoms with E-state index in [9.17, 15) is 9.90 Å². The summed E-state index contributed by atoms with van der Waals surface area (Å²) in [4.78, 5) is 10.5. The first kappa shape index (κ1) is 14.3. The van der Waals surface area contributed by atoms with Crippen molar-refractivity contribution < 1.29 is 48.9 Å². The second-order valence-electron chi connectivity index (χ2n) is 1.65. The van der Waals surface area contributed by atoms with Gasteiger partial charge < -0.3 is 14.6 Å².